The Kier molecular flexibility index (Phi) is 7.14. The molecule has 2 heterocycles. The summed E-state index contributed by atoms with van der Waals surface area (Å²) in [6, 6.07) is 19.0. The smallest absolute Gasteiger partial charge is 0.225 e. The summed E-state index contributed by atoms with van der Waals surface area (Å²) in [6.45, 7) is 8.67. The topological polar surface area (TPSA) is 69.5 Å². The minimum atomic E-state index is 0.0340. The molecular formula is C28H32N4O2. The van der Waals surface area contributed by atoms with Crippen LogP contribution in [0.15, 0.2) is 48.5 Å². The predicted octanol–water partition coefficient (Wildman–Crippen LogP) is 4.97. The highest BCUT2D eigenvalue weighted by Crippen LogP contribution is 2.36. The van der Waals surface area contributed by atoms with Gasteiger partial charge in [0.25, 0.3) is 0 Å². The van der Waals surface area contributed by atoms with Gasteiger partial charge in [0.1, 0.15) is 11.9 Å². The highest BCUT2D eigenvalue weighted by atomic mass is 16.5. The van der Waals surface area contributed by atoms with Gasteiger partial charge in [0.15, 0.2) is 0 Å². The van der Waals surface area contributed by atoms with Gasteiger partial charge in [0.05, 0.1) is 24.3 Å². The SMILES string of the molecule is COCCC(=O)N1CCN(c2nc(C(C)C)c(-c3cccc4ccccc34)cc2C#N)CC1C. The molecule has 6 nitrogen and oxygen atoms in total. The number of hydrogen-bond donors (Lipinski definition) is 0. The quantitative estimate of drug-likeness (QED) is 0.524. The van der Waals surface area contributed by atoms with Crippen molar-refractivity contribution in [1.82, 2.24) is 9.88 Å². The van der Waals surface area contributed by atoms with Gasteiger partial charge in [-0.2, -0.15) is 5.26 Å². The van der Waals surface area contributed by atoms with E-state index in [0.29, 0.717) is 44.0 Å². The van der Waals surface area contributed by atoms with Crippen molar-refractivity contribution in [2.45, 2.75) is 39.2 Å². The number of benzene rings is 2. The lowest BCUT2D eigenvalue weighted by Gasteiger charge is -2.41. The standard InChI is InChI=1S/C28H32N4O2/c1-19(2)27-25(24-11-7-9-21-8-5-6-10-23(21)24)16-22(17-29)28(30-27)31-13-14-32(20(3)18-31)26(33)12-15-34-4/h5-11,16,19-20H,12-15,18H2,1-4H3. The first-order chi connectivity index (χ1) is 16.4. The molecule has 0 radical (unpaired) electrons. The van der Waals surface area contributed by atoms with E-state index < -0.39 is 0 Å². The van der Waals surface area contributed by atoms with Crippen LogP contribution in [0.25, 0.3) is 21.9 Å². The van der Waals surface area contributed by atoms with Crippen LogP contribution in [-0.2, 0) is 9.53 Å². The number of carbonyl (C=O) groups is 1. The third kappa shape index (κ3) is 4.62. The van der Waals surface area contributed by atoms with Crippen LogP contribution in [0.5, 0.6) is 0 Å². The van der Waals surface area contributed by atoms with Crippen LogP contribution in [0.4, 0.5) is 5.82 Å². The van der Waals surface area contributed by atoms with E-state index in [0.717, 1.165) is 22.2 Å². The Morgan fingerprint density at radius 1 is 1.18 bits per heavy atom. The Hall–Kier alpha value is -3.43. The normalized spacial score (nSPS) is 16.2. The molecule has 1 atom stereocenters. The van der Waals surface area contributed by atoms with Crippen molar-refractivity contribution in [2.75, 3.05) is 38.3 Å². The van der Waals surface area contributed by atoms with Crippen molar-refractivity contribution in [3.05, 3.63) is 59.8 Å². The van der Waals surface area contributed by atoms with Crippen LogP contribution in [0.3, 0.4) is 0 Å². The molecule has 4 rings (SSSR count). The van der Waals surface area contributed by atoms with Crippen LogP contribution in [0.1, 0.15) is 44.4 Å². The van der Waals surface area contributed by atoms with Crippen molar-refractivity contribution >= 4 is 22.5 Å². The summed E-state index contributed by atoms with van der Waals surface area (Å²) in [5, 5.41) is 12.4. The number of hydrogen-bond acceptors (Lipinski definition) is 5. The second-order valence-electron chi connectivity index (χ2n) is 9.21. The molecule has 34 heavy (non-hydrogen) atoms. The summed E-state index contributed by atoms with van der Waals surface area (Å²) in [5.41, 5.74) is 3.66. The number of pyridine rings is 1. The molecule has 0 aliphatic carbocycles. The van der Waals surface area contributed by atoms with E-state index in [9.17, 15) is 10.1 Å². The molecule has 2 aromatic carbocycles. The Morgan fingerprint density at radius 2 is 1.94 bits per heavy atom. The van der Waals surface area contributed by atoms with Crippen molar-refractivity contribution in [3.8, 4) is 17.2 Å². The number of ether oxygens (including phenoxy) is 1. The fourth-order valence-corrected chi connectivity index (χ4v) is 4.81. The van der Waals surface area contributed by atoms with Crippen molar-refractivity contribution < 1.29 is 9.53 Å². The van der Waals surface area contributed by atoms with Gasteiger partial charge in [-0.1, -0.05) is 56.3 Å². The lowest BCUT2D eigenvalue weighted by atomic mass is 9.92. The van der Waals surface area contributed by atoms with Crippen LogP contribution in [0.2, 0.25) is 0 Å². The largest absolute Gasteiger partial charge is 0.384 e. The van der Waals surface area contributed by atoms with Crippen molar-refractivity contribution in [1.29, 1.82) is 5.26 Å². The maximum atomic E-state index is 12.5. The zero-order chi connectivity index (χ0) is 24.2. The van der Waals surface area contributed by atoms with Gasteiger partial charge in [-0.05, 0) is 35.2 Å². The summed E-state index contributed by atoms with van der Waals surface area (Å²) in [4.78, 5) is 21.7. The molecule has 0 N–H and O–H groups in total. The molecule has 176 valence electrons. The third-order valence-electron chi connectivity index (χ3n) is 6.55. The maximum Gasteiger partial charge on any atom is 0.225 e. The molecule has 1 aromatic heterocycles. The predicted molar refractivity (Wildman–Crippen MR) is 136 cm³/mol. The summed E-state index contributed by atoms with van der Waals surface area (Å²) in [6.07, 6.45) is 0.389. The highest BCUT2D eigenvalue weighted by molar-refractivity contribution is 5.97. The molecule has 6 heteroatoms. The van der Waals surface area contributed by atoms with Crippen LogP contribution in [-0.4, -0.2) is 55.2 Å². The summed E-state index contributed by atoms with van der Waals surface area (Å²) in [5.74, 6) is 1.01. The first kappa shape index (κ1) is 23.7. The second-order valence-corrected chi connectivity index (χ2v) is 9.21. The molecule has 1 aliphatic rings. The van der Waals surface area contributed by atoms with E-state index in [-0.39, 0.29) is 17.9 Å². The van der Waals surface area contributed by atoms with Crippen LogP contribution in [0, 0.1) is 11.3 Å². The van der Waals surface area contributed by atoms with E-state index in [2.05, 4.69) is 62.1 Å². The number of amides is 1. The number of anilines is 1. The first-order valence-corrected chi connectivity index (χ1v) is 11.9. The zero-order valence-electron chi connectivity index (χ0n) is 20.4. The summed E-state index contributed by atoms with van der Waals surface area (Å²) < 4.78 is 5.07. The number of piperazine rings is 1. The van der Waals surface area contributed by atoms with Gasteiger partial charge < -0.3 is 14.5 Å². The highest BCUT2D eigenvalue weighted by Gasteiger charge is 2.30. The molecule has 0 saturated carbocycles. The minimum Gasteiger partial charge on any atom is -0.384 e. The van der Waals surface area contributed by atoms with Gasteiger partial charge in [-0.3, -0.25) is 4.79 Å². The second kappa shape index (κ2) is 10.2. The summed E-state index contributed by atoms with van der Waals surface area (Å²) >= 11 is 0. The average molecular weight is 457 g/mol. The number of methoxy groups -OCH3 is 1. The van der Waals surface area contributed by atoms with E-state index in [1.165, 1.54) is 5.39 Å². The molecule has 0 spiro atoms. The molecule has 1 unspecified atom stereocenters. The zero-order valence-corrected chi connectivity index (χ0v) is 20.4. The molecule has 1 amide bonds. The van der Waals surface area contributed by atoms with E-state index in [1.54, 1.807) is 7.11 Å². The fraction of sp³-hybridized carbons (Fsp3) is 0.393. The van der Waals surface area contributed by atoms with Gasteiger partial charge in [0.2, 0.25) is 5.91 Å². The molecule has 1 saturated heterocycles. The van der Waals surface area contributed by atoms with Gasteiger partial charge in [0, 0.05) is 38.3 Å². The Labute approximate surface area is 201 Å². The molecular weight excluding hydrogens is 424 g/mol. The lowest BCUT2D eigenvalue weighted by Crippen LogP contribution is -2.54. The van der Waals surface area contributed by atoms with Gasteiger partial charge in [-0.25, -0.2) is 4.98 Å². The van der Waals surface area contributed by atoms with Crippen LogP contribution >= 0.6 is 0 Å². The molecule has 0 bridgehead atoms. The number of rotatable bonds is 6. The number of fused-ring (bicyclic) bond motifs is 1. The molecule has 3 aromatic rings. The third-order valence-corrected chi connectivity index (χ3v) is 6.55. The van der Waals surface area contributed by atoms with Crippen molar-refractivity contribution in [2.24, 2.45) is 0 Å². The Morgan fingerprint density at radius 3 is 2.65 bits per heavy atom. The van der Waals surface area contributed by atoms with Crippen LogP contribution < -0.4 is 4.90 Å². The Bertz CT molecular complexity index is 1230. The monoisotopic (exact) mass is 456 g/mol. The molecule has 1 aliphatic heterocycles. The van der Waals surface area contributed by atoms with E-state index >= 15 is 0 Å². The van der Waals surface area contributed by atoms with E-state index in [1.807, 2.05) is 23.1 Å². The number of carbonyl (C=O) groups excluding carboxylic acids is 1. The minimum absolute atomic E-state index is 0.0340. The number of nitrogens with zero attached hydrogens (tertiary/aromatic N) is 4. The lowest BCUT2D eigenvalue weighted by molar-refractivity contribution is -0.134. The maximum absolute atomic E-state index is 12.5. The number of aromatic nitrogens is 1. The molecule has 1 fully saturated rings. The average Bonchev–Trinajstić information content (AvgIpc) is 2.86. The van der Waals surface area contributed by atoms with E-state index in [4.69, 9.17) is 9.72 Å². The Balaban J connectivity index is 1.71. The van der Waals surface area contributed by atoms with Gasteiger partial charge in [-0.15, -0.1) is 0 Å². The van der Waals surface area contributed by atoms with Crippen molar-refractivity contribution in [3.63, 3.8) is 0 Å². The summed E-state index contributed by atoms with van der Waals surface area (Å²) in [7, 11) is 1.61. The number of nitriles is 1. The van der Waals surface area contributed by atoms with Gasteiger partial charge >= 0.3 is 0 Å². The fourth-order valence-electron chi connectivity index (χ4n) is 4.81. The first-order valence-electron chi connectivity index (χ1n) is 11.9.